The molecule has 7 heteroatoms. The van der Waals surface area contributed by atoms with Crippen LogP contribution in [0.3, 0.4) is 0 Å². The van der Waals surface area contributed by atoms with Crippen LogP contribution in [0, 0.1) is 0 Å². The van der Waals surface area contributed by atoms with Crippen LogP contribution in [0.2, 0.25) is 5.02 Å². The van der Waals surface area contributed by atoms with Gasteiger partial charge in [0, 0.05) is 35.8 Å². The summed E-state index contributed by atoms with van der Waals surface area (Å²) in [5.41, 5.74) is 1.35. The lowest BCUT2D eigenvalue weighted by atomic mass is 9.73. The Kier molecular flexibility index (Phi) is 6.65. The predicted octanol–water partition coefficient (Wildman–Crippen LogP) is 4.23. The minimum absolute atomic E-state index is 0.249. The minimum Gasteiger partial charge on any atom is -0.496 e. The van der Waals surface area contributed by atoms with Gasteiger partial charge in [-0.3, -0.25) is 0 Å². The quantitative estimate of drug-likeness (QED) is 0.756. The number of carbonyl (C=O) groups is 1. The number of nitrogens with one attached hydrogen (secondary N) is 2. The summed E-state index contributed by atoms with van der Waals surface area (Å²) in [5, 5.41) is 6.34. The lowest BCUT2D eigenvalue weighted by Crippen LogP contribution is -2.45. The minimum atomic E-state index is -0.318. The normalized spacial score (nSPS) is 15.5. The number of ether oxygens (including phenoxy) is 3. The van der Waals surface area contributed by atoms with Crippen LogP contribution in [0.1, 0.15) is 18.4 Å². The smallest absolute Gasteiger partial charge is 0.319 e. The van der Waals surface area contributed by atoms with Gasteiger partial charge in [-0.2, -0.15) is 0 Å². The Labute approximate surface area is 170 Å². The van der Waals surface area contributed by atoms with Crippen molar-refractivity contribution in [2.24, 2.45) is 0 Å². The average Bonchev–Trinajstić information content (AvgIpc) is 2.73. The van der Waals surface area contributed by atoms with Crippen molar-refractivity contribution in [1.82, 2.24) is 5.32 Å². The molecule has 1 aliphatic heterocycles. The molecule has 1 fully saturated rings. The van der Waals surface area contributed by atoms with Crippen molar-refractivity contribution in [1.29, 1.82) is 0 Å². The molecular weight excluding hydrogens is 380 g/mol. The van der Waals surface area contributed by atoms with Crippen molar-refractivity contribution in [3.63, 3.8) is 0 Å². The van der Waals surface area contributed by atoms with E-state index < -0.39 is 0 Å². The Balaban J connectivity index is 1.76. The van der Waals surface area contributed by atoms with Crippen LogP contribution in [0.15, 0.2) is 42.5 Å². The number of anilines is 1. The fourth-order valence-electron chi connectivity index (χ4n) is 3.58. The van der Waals surface area contributed by atoms with Gasteiger partial charge in [0.05, 0.1) is 19.9 Å². The molecular formula is C21H25ClN2O4. The largest absolute Gasteiger partial charge is 0.496 e. The number of rotatable bonds is 6. The summed E-state index contributed by atoms with van der Waals surface area (Å²) in [7, 11) is 3.21. The van der Waals surface area contributed by atoms with E-state index in [1.807, 2.05) is 18.2 Å². The van der Waals surface area contributed by atoms with Gasteiger partial charge in [-0.25, -0.2) is 4.79 Å². The van der Waals surface area contributed by atoms with Gasteiger partial charge in [-0.05, 0) is 37.1 Å². The van der Waals surface area contributed by atoms with Crippen molar-refractivity contribution >= 4 is 23.3 Å². The van der Waals surface area contributed by atoms with E-state index in [1.54, 1.807) is 32.4 Å². The molecule has 2 aromatic carbocycles. The first kappa shape index (κ1) is 20.3. The lowest BCUT2D eigenvalue weighted by molar-refractivity contribution is 0.0500. The standard InChI is InChI=1S/C21H25ClN2O4/c1-26-18-6-4-3-5-16(18)21(9-11-28-12-10-21)14-23-20(25)24-17-13-15(22)7-8-19(17)27-2/h3-8,13H,9-12,14H2,1-2H3,(H2,23,24,25). The van der Waals surface area contributed by atoms with Crippen LogP contribution < -0.4 is 20.1 Å². The highest BCUT2D eigenvalue weighted by Crippen LogP contribution is 2.39. The Hall–Kier alpha value is -2.44. The first-order valence-corrected chi connectivity index (χ1v) is 9.55. The first-order valence-electron chi connectivity index (χ1n) is 9.17. The molecule has 0 bridgehead atoms. The lowest BCUT2D eigenvalue weighted by Gasteiger charge is -2.38. The van der Waals surface area contributed by atoms with Gasteiger partial charge >= 0.3 is 6.03 Å². The van der Waals surface area contributed by atoms with Gasteiger partial charge < -0.3 is 24.8 Å². The number of hydrogen-bond donors (Lipinski definition) is 2. The maximum atomic E-state index is 12.6. The molecule has 0 spiro atoms. The van der Waals surface area contributed by atoms with Crippen molar-refractivity contribution in [2.45, 2.75) is 18.3 Å². The van der Waals surface area contributed by atoms with Crippen molar-refractivity contribution < 1.29 is 19.0 Å². The zero-order valence-electron chi connectivity index (χ0n) is 16.1. The maximum absolute atomic E-state index is 12.6. The van der Waals surface area contributed by atoms with E-state index in [9.17, 15) is 4.79 Å². The molecule has 0 aromatic heterocycles. The summed E-state index contributed by atoms with van der Waals surface area (Å²) in [4.78, 5) is 12.6. The molecule has 0 radical (unpaired) electrons. The van der Waals surface area contributed by atoms with Crippen molar-refractivity contribution in [2.75, 3.05) is 39.3 Å². The van der Waals surface area contributed by atoms with E-state index >= 15 is 0 Å². The SMILES string of the molecule is COc1ccc(Cl)cc1NC(=O)NCC1(c2ccccc2OC)CCOCC1. The number of amides is 2. The summed E-state index contributed by atoms with van der Waals surface area (Å²) in [6.07, 6.45) is 1.60. The number of benzene rings is 2. The van der Waals surface area contributed by atoms with E-state index in [2.05, 4.69) is 16.7 Å². The number of urea groups is 1. The summed E-state index contributed by atoms with van der Waals surface area (Å²) in [6, 6.07) is 12.7. The molecule has 2 N–H and O–H groups in total. The fourth-order valence-corrected chi connectivity index (χ4v) is 3.75. The molecule has 1 heterocycles. The van der Waals surface area contributed by atoms with Crippen LogP contribution >= 0.6 is 11.6 Å². The molecule has 6 nitrogen and oxygen atoms in total. The van der Waals surface area contributed by atoms with E-state index in [-0.39, 0.29) is 11.4 Å². The Bertz CT molecular complexity index is 822. The zero-order chi connectivity index (χ0) is 20.0. The second-order valence-corrected chi connectivity index (χ2v) is 7.18. The second kappa shape index (κ2) is 9.17. The summed E-state index contributed by atoms with van der Waals surface area (Å²) in [5.74, 6) is 1.37. The molecule has 28 heavy (non-hydrogen) atoms. The predicted molar refractivity (Wildman–Crippen MR) is 110 cm³/mol. The second-order valence-electron chi connectivity index (χ2n) is 6.75. The summed E-state index contributed by atoms with van der Waals surface area (Å²) >= 11 is 6.04. The van der Waals surface area contributed by atoms with Gasteiger partial charge in [0.2, 0.25) is 0 Å². The highest BCUT2D eigenvalue weighted by Gasteiger charge is 2.37. The molecule has 150 valence electrons. The van der Waals surface area contributed by atoms with Gasteiger partial charge in [0.15, 0.2) is 0 Å². The third-order valence-corrected chi connectivity index (χ3v) is 5.36. The van der Waals surface area contributed by atoms with E-state index in [4.69, 9.17) is 25.8 Å². The molecule has 0 atom stereocenters. The van der Waals surface area contributed by atoms with Crippen LogP contribution in [0.4, 0.5) is 10.5 Å². The van der Waals surface area contributed by atoms with E-state index in [1.165, 1.54) is 0 Å². The van der Waals surface area contributed by atoms with Crippen LogP contribution in [-0.4, -0.2) is 40.0 Å². The van der Waals surface area contributed by atoms with E-state index in [0.717, 1.165) is 24.2 Å². The molecule has 0 aliphatic carbocycles. The molecule has 0 saturated carbocycles. The average molecular weight is 405 g/mol. The number of halogens is 1. The highest BCUT2D eigenvalue weighted by molar-refractivity contribution is 6.31. The van der Waals surface area contributed by atoms with Crippen LogP contribution in [-0.2, 0) is 10.2 Å². The Morgan fingerprint density at radius 3 is 2.54 bits per heavy atom. The van der Waals surface area contributed by atoms with Gasteiger partial charge in [-0.1, -0.05) is 29.8 Å². The zero-order valence-corrected chi connectivity index (χ0v) is 16.8. The topological polar surface area (TPSA) is 68.8 Å². The molecule has 1 aliphatic rings. The molecule has 1 saturated heterocycles. The third kappa shape index (κ3) is 4.51. The van der Waals surface area contributed by atoms with Crippen LogP contribution in [0.25, 0.3) is 0 Å². The Morgan fingerprint density at radius 1 is 1.11 bits per heavy atom. The fraction of sp³-hybridized carbons (Fsp3) is 0.381. The molecule has 2 amide bonds. The van der Waals surface area contributed by atoms with Gasteiger partial charge in [0.1, 0.15) is 11.5 Å². The van der Waals surface area contributed by atoms with Crippen LogP contribution in [0.5, 0.6) is 11.5 Å². The maximum Gasteiger partial charge on any atom is 0.319 e. The molecule has 0 unspecified atom stereocenters. The van der Waals surface area contributed by atoms with E-state index in [0.29, 0.717) is 36.2 Å². The number of carbonyl (C=O) groups excluding carboxylic acids is 1. The molecule has 2 aromatic rings. The van der Waals surface area contributed by atoms with Gasteiger partial charge in [-0.15, -0.1) is 0 Å². The number of methoxy groups -OCH3 is 2. The highest BCUT2D eigenvalue weighted by atomic mass is 35.5. The Morgan fingerprint density at radius 2 is 1.82 bits per heavy atom. The first-order chi connectivity index (χ1) is 13.6. The monoisotopic (exact) mass is 404 g/mol. The summed E-state index contributed by atoms with van der Waals surface area (Å²) < 4.78 is 16.4. The third-order valence-electron chi connectivity index (χ3n) is 5.13. The van der Waals surface area contributed by atoms with Crippen molar-refractivity contribution in [3.8, 4) is 11.5 Å². The number of hydrogen-bond acceptors (Lipinski definition) is 4. The molecule has 3 rings (SSSR count). The number of para-hydroxylation sites is 1. The van der Waals surface area contributed by atoms with Gasteiger partial charge in [0.25, 0.3) is 0 Å². The van der Waals surface area contributed by atoms with Crippen molar-refractivity contribution in [3.05, 3.63) is 53.1 Å². The summed E-state index contributed by atoms with van der Waals surface area (Å²) in [6.45, 7) is 1.75.